The summed E-state index contributed by atoms with van der Waals surface area (Å²) >= 11 is 0. The zero-order valence-corrected chi connectivity index (χ0v) is 11.0. The minimum absolute atomic E-state index is 0.206. The third kappa shape index (κ3) is 3.63. The molecule has 0 atom stereocenters. The normalized spacial score (nSPS) is 10.6. The van der Waals surface area contributed by atoms with Crippen molar-refractivity contribution in [2.24, 2.45) is 0 Å². The van der Waals surface area contributed by atoms with Crippen LogP contribution >= 0.6 is 0 Å². The van der Waals surface area contributed by atoms with Crippen molar-refractivity contribution in [2.75, 3.05) is 0 Å². The van der Waals surface area contributed by atoms with Crippen LogP contribution in [0.15, 0.2) is 66.8 Å². The third-order valence-electron chi connectivity index (χ3n) is 2.83. The maximum absolute atomic E-state index is 13.9. The fourth-order valence-corrected chi connectivity index (χ4v) is 1.91. The van der Waals surface area contributed by atoms with Gasteiger partial charge in [-0.05, 0) is 17.7 Å². The van der Waals surface area contributed by atoms with Crippen molar-refractivity contribution in [3.63, 3.8) is 0 Å². The van der Waals surface area contributed by atoms with E-state index in [4.69, 9.17) is 5.11 Å². The summed E-state index contributed by atoms with van der Waals surface area (Å²) in [4.78, 5) is 10.5. The van der Waals surface area contributed by atoms with E-state index in [1.165, 1.54) is 48.6 Å². The smallest absolute Gasteiger partial charge is 0.328 e. The lowest BCUT2D eigenvalue weighted by atomic mass is 9.96. The number of rotatable bonds is 4. The molecule has 21 heavy (non-hydrogen) atoms. The Hall–Kier alpha value is -2.75. The molecule has 106 valence electrons. The van der Waals surface area contributed by atoms with Gasteiger partial charge in [-0.3, -0.25) is 0 Å². The molecule has 1 N–H and O–H groups in total. The van der Waals surface area contributed by atoms with Gasteiger partial charge in [0.1, 0.15) is 11.6 Å². The summed E-state index contributed by atoms with van der Waals surface area (Å²) < 4.78 is 27.9. The van der Waals surface area contributed by atoms with Crippen LogP contribution < -0.4 is 0 Å². The number of benzene rings is 2. The lowest BCUT2D eigenvalue weighted by Gasteiger charge is -2.09. The first-order valence-corrected chi connectivity index (χ1v) is 6.20. The van der Waals surface area contributed by atoms with Gasteiger partial charge in [-0.1, -0.05) is 48.6 Å². The summed E-state index contributed by atoms with van der Waals surface area (Å²) in [6.45, 7) is 0. The summed E-state index contributed by atoms with van der Waals surface area (Å²) in [5.41, 5.74) is 0.693. The van der Waals surface area contributed by atoms with Crippen LogP contribution in [0.2, 0.25) is 0 Å². The number of aliphatic carboxylic acids is 1. The topological polar surface area (TPSA) is 37.3 Å². The van der Waals surface area contributed by atoms with Gasteiger partial charge < -0.3 is 5.11 Å². The first-order valence-electron chi connectivity index (χ1n) is 6.20. The van der Waals surface area contributed by atoms with Crippen molar-refractivity contribution in [3.05, 3.63) is 89.5 Å². The number of hydrogen-bond donors (Lipinski definition) is 1. The Morgan fingerprint density at radius 3 is 1.81 bits per heavy atom. The van der Waals surface area contributed by atoms with Crippen molar-refractivity contribution in [3.8, 4) is 0 Å². The highest BCUT2D eigenvalue weighted by Crippen LogP contribution is 2.27. The molecule has 0 amide bonds. The lowest BCUT2D eigenvalue weighted by molar-refractivity contribution is -0.131. The molecule has 0 saturated heterocycles. The zero-order valence-electron chi connectivity index (χ0n) is 11.0. The van der Waals surface area contributed by atoms with Crippen LogP contribution in [0.4, 0.5) is 8.78 Å². The zero-order chi connectivity index (χ0) is 15.2. The summed E-state index contributed by atoms with van der Waals surface area (Å²) in [5.74, 6) is -2.14. The second-order valence-corrected chi connectivity index (χ2v) is 4.24. The molecule has 2 nitrogen and oxygen atoms in total. The van der Waals surface area contributed by atoms with E-state index in [-0.39, 0.29) is 16.7 Å². The van der Waals surface area contributed by atoms with Gasteiger partial charge >= 0.3 is 5.97 Å². The van der Waals surface area contributed by atoms with Crippen LogP contribution in [0, 0.1) is 11.6 Å². The Balaban J connectivity index is 2.58. The molecule has 0 saturated carbocycles. The Morgan fingerprint density at radius 1 is 0.905 bits per heavy atom. The SMILES string of the molecule is O=C(O)C=CC=C(c1ccccc1F)c1ccccc1F. The maximum Gasteiger partial charge on any atom is 0.328 e. The third-order valence-corrected chi connectivity index (χ3v) is 2.83. The molecular formula is C17H12F2O2. The van der Waals surface area contributed by atoms with E-state index in [9.17, 15) is 13.6 Å². The number of carboxylic acids is 1. The van der Waals surface area contributed by atoms with Crippen LogP contribution in [0.1, 0.15) is 11.1 Å². The van der Waals surface area contributed by atoms with E-state index in [2.05, 4.69) is 0 Å². The Bertz CT molecular complexity index is 671. The predicted molar refractivity (Wildman–Crippen MR) is 76.7 cm³/mol. The molecule has 0 radical (unpaired) electrons. The quantitative estimate of drug-likeness (QED) is 0.680. The molecule has 2 aromatic carbocycles. The molecule has 2 aromatic rings. The van der Waals surface area contributed by atoms with Gasteiger partial charge in [0.2, 0.25) is 0 Å². The van der Waals surface area contributed by atoms with E-state index in [1.54, 1.807) is 12.1 Å². The van der Waals surface area contributed by atoms with Crippen molar-refractivity contribution < 1.29 is 18.7 Å². The van der Waals surface area contributed by atoms with Crippen molar-refractivity contribution >= 4 is 11.5 Å². The molecule has 0 spiro atoms. The summed E-state index contributed by atoms with van der Waals surface area (Å²) in [6.07, 6.45) is 3.53. The lowest BCUT2D eigenvalue weighted by Crippen LogP contribution is -1.95. The molecular weight excluding hydrogens is 274 g/mol. The summed E-state index contributed by atoms with van der Waals surface area (Å²) in [7, 11) is 0. The van der Waals surface area contributed by atoms with Gasteiger partial charge in [0.15, 0.2) is 0 Å². The Kier molecular flexibility index (Phi) is 4.61. The van der Waals surface area contributed by atoms with Gasteiger partial charge in [0, 0.05) is 17.2 Å². The highest BCUT2D eigenvalue weighted by molar-refractivity contribution is 5.84. The molecule has 4 heteroatoms. The molecule has 0 aliphatic carbocycles. The van der Waals surface area contributed by atoms with Crippen LogP contribution in [0.5, 0.6) is 0 Å². The van der Waals surface area contributed by atoms with Crippen molar-refractivity contribution in [1.82, 2.24) is 0 Å². The van der Waals surface area contributed by atoms with E-state index in [1.807, 2.05) is 0 Å². The summed E-state index contributed by atoms with van der Waals surface area (Å²) in [6, 6.07) is 11.9. The number of allylic oxidation sites excluding steroid dienone is 2. The van der Waals surface area contributed by atoms with Crippen LogP contribution in [-0.2, 0) is 4.79 Å². The van der Waals surface area contributed by atoms with Gasteiger partial charge in [0.05, 0.1) is 0 Å². The van der Waals surface area contributed by atoms with Gasteiger partial charge in [-0.25, -0.2) is 13.6 Å². The average Bonchev–Trinajstić information content (AvgIpc) is 2.45. The monoisotopic (exact) mass is 286 g/mol. The van der Waals surface area contributed by atoms with Crippen LogP contribution in [0.25, 0.3) is 5.57 Å². The number of carbonyl (C=O) groups is 1. The van der Waals surface area contributed by atoms with Gasteiger partial charge in [-0.2, -0.15) is 0 Å². The van der Waals surface area contributed by atoms with Crippen molar-refractivity contribution in [1.29, 1.82) is 0 Å². The second-order valence-electron chi connectivity index (χ2n) is 4.24. The standard InChI is InChI=1S/C17H12F2O2/c18-15-9-3-1-6-13(15)12(8-5-11-17(20)21)14-7-2-4-10-16(14)19/h1-11H,(H,20,21). The molecule has 0 aliphatic rings. The van der Waals surface area contributed by atoms with E-state index in [0.717, 1.165) is 6.08 Å². The van der Waals surface area contributed by atoms with Crippen molar-refractivity contribution in [2.45, 2.75) is 0 Å². The van der Waals surface area contributed by atoms with E-state index in [0.29, 0.717) is 0 Å². The first kappa shape index (κ1) is 14.7. The minimum Gasteiger partial charge on any atom is -0.478 e. The van der Waals surface area contributed by atoms with Gasteiger partial charge in [-0.15, -0.1) is 0 Å². The molecule has 0 bridgehead atoms. The Morgan fingerprint density at radius 2 is 1.38 bits per heavy atom. The number of carboxylic acid groups (broad SMARTS) is 1. The fraction of sp³-hybridized carbons (Fsp3) is 0. The Labute approximate surface area is 120 Å². The maximum atomic E-state index is 13.9. The fourth-order valence-electron chi connectivity index (χ4n) is 1.91. The molecule has 0 fully saturated rings. The number of hydrogen-bond acceptors (Lipinski definition) is 1. The van der Waals surface area contributed by atoms with Crippen LogP contribution in [-0.4, -0.2) is 11.1 Å². The molecule has 0 aromatic heterocycles. The average molecular weight is 286 g/mol. The highest BCUT2D eigenvalue weighted by atomic mass is 19.1. The minimum atomic E-state index is -1.13. The predicted octanol–water partition coefficient (Wildman–Crippen LogP) is 4.04. The highest BCUT2D eigenvalue weighted by Gasteiger charge is 2.12. The van der Waals surface area contributed by atoms with Gasteiger partial charge in [0.25, 0.3) is 0 Å². The molecule has 0 unspecified atom stereocenters. The van der Waals surface area contributed by atoms with Crippen LogP contribution in [0.3, 0.4) is 0 Å². The molecule has 0 heterocycles. The first-order chi connectivity index (χ1) is 10.1. The van der Waals surface area contributed by atoms with E-state index >= 15 is 0 Å². The molecule has 0 aliphatic heterocycles. The summed E-state index contributed by atoms with van der Waals surface area (Å²) in [5, 5.41) is 8.61. The molecule has 2 rings (SSSR count). The second kappa shape index (κ2) is 6.61. The largest absolute Gasteiger partial charge is 0.478 e. The number of halogens is 2. The van der Waals surface area contributed by atoms with E-state index < -0.39 is 17.6 Å².